The SMILES string of the molecule is CCCCCCCCCCCCCCCCC/C=C/C(O)C(CO)NC(=O)CCCCCCCCCCCCCCCCCCC/C=C\C/C=C\CCCCCCCCCCCCCOC(=O)CCCCCCCCCCCCCCC. The van der Waals surface area contributed by atoms with Gasteiger partial charge in [-0.15, -0.1) is 0 Å². The van der Waals surface area contributed by atoms with Crippen molar-refractivity contribution in [3.05, 3.63) is 36.5 Å². The van der Waals surface area contributed by atoms with Crippen LogP contribution in [0.2, 0.25) is 0 Å². The summed E-state index contributed by atoms with van der Waals surface area (Å²) in [6.45, 7) is 4.94. The van der Waals surface area contributed by atoms with Gasteiger partial charge in [0.05, 0.1) is 25.4 Å². The number of rotatable bonds is 70. The summed E-state index contributed by atoms with van der Waals surface area (Å²) in [4.78, 5) is 24.6. The number of amides is 1. The van der Waals surface area contributed by atoms with E-state index in [2.05, 4.69) is 43.5 Å². The number of aliphatic hydroxyl groups excluding tert-OH is 2. The minimum Gasteiger partial charge on any atom is -0.466 e. The summed E-state index contributed by atoms with van der Waals surface area (Å²) in [7, 11) is 0. The van der Waals surface area contributed by atoms with Crippen molar-refractivity contribution in [3.63, 3.8) is 0 Å². The van der Waals surface area contributed by atoms with Gasteiger partial charge < -0.3 is 20.3 Å². The molecule has 484 valence electrons. The minimum atomic E-state index is -0.843. The molecule has 0 radical (unpaired) electrons. The highest BCUT2D eigenvalue weighted by molar-refractivity contribution is 5.76. The van der Waals surface area contributed by atoms with Crippen LogP contribution in [0.25, 0.3) is 0 Å². The molecule has 0 spiro atoms. The average Bonchev–Trinajstić information content (AvgIpc) is 3.48. The first kappa shape index (κ1) is 80.1. The number of esters is 1. The molecule has 0 aliphatic heterocycles. The first-order valence-corrected chi connectivity index (χ1v) is 37.3. The lowest BCUT2D eigenvalue weighted by Gasteiger charge is -2.20. The molecule has 0 saturated heterocycles. The Morgan fingerprint density at radius 1 is 0.341 bits per heavy atom. The fraction of sp³-hybridized carbons (Fsp3) is 0.895. The highest BCUT2D eigenvalue weighted by Crippen LogP contribution is 2.19. The molecule has 0 aliphatic carbocycles. The molecule has 0 bridgehead atoms. The van der Waals surface area contributed by atoms with Gasteiger partial charge in [0.2, 0.25) is 5.91 Å². The van der Waals surface area contributed by atoms with Crippen molar-refractivity contribution in [2.75, 3.05) is 13.2 Å². The first-order valence-electron chi connectivity index (χ1n) is 37.3. The number of hydrogen-bond donors (Lipinski definition) is 3. The van der Waals surface area contributed by atoms with Gasteiger partial charge in [0.15, 0.2) is 0 Å². The Bertz CT molecular complexity index is 1330. The lowest BCUT2D eigenvalue weighted by atomic mass is 10.0. The van der Waals surface area contributed by atoms with Crippen molar-refractivity contribution in [3.8, 4) is 0 Å². The predicted molar refractivity (Wildman–Crippen MR) is 361 cm³/mol. The molecule has 0 aromatic carbocycles. The first-order chi connectivity index (χ1) is 40.5. The molecule has 0 saturated carbocycles. The van der Waals surface area contributed by atoms with E-state index in [0.29, 0.717) is 19.4 Å². The van der Waals surface area contributed by atoms with Gasteiger partial charge >= 0.3 is 5.97 Å². The molecular formula is C76H145NO5. The number of carbonyl (C=O) groups excluding carboxylic acids is 2. The minimum absolute atomic E-state index is 0.0186. The second-order valence-electron chi connectivity index (χ2n) is 25.6. The topological polar surface area (TPSA) is 95.9 Å². The Labute approximate surface area is 513 Å². The fourth-order valence-electron chi connectivity index (χ4n) is 11.7. The normalized spacial score (nSPS) is 12.7. The Morgan fingerprint density at radius 2 is 0.610 bits per heavy atom. The molecule has 6 heteroatoms. The molecule has 6 nitrogen and oxygen atoms in total. The van der Waals surface area contributed by atoms with E-state index in [0.717, 1.165) is 44.9 Å². The molecule has 0 heterocycles. The Balaban J connectivity index is 3.38. The number of hydrogen-bond acceptors (Lipinski definition) is 5. The van der Waals surface area contributed by atoms with Crippen molar-refractivity contribution in [1.82, 2.24) is 5.32 Å². The van der Waals surface area contributed by atoms with Gasteiger partial charge in [-0.05, 0) is 64.2 Å². The molecule has 0 rings (SSSR count). The lowest BCUT2D eigenvalue weighted by molar-refractivity contribution is -0.143. The molecule has 82 heavy (non-hydrogen) atoms. The van der Waals surface area contributed by atoms with E-state index in [1.165, 1.54) is 340 Å². The zero-order chi connectivity index (χ0) is 59.2. The largest absolute Gasteiger partial charge is 0.466 e. The molecule has 0 fully saturated rings. The van der Waals surface area contributed by atoms with Gasteiger partial charge in [0.1, 0.15) is 0 Å². The zero-order valence-corrected chi connectivity index (χ0v) is 55.5. The molecule has 0 aromatic rings. The smallest absolute Gasteiger partial charge is 0.305 e. The van der Waals surface area contributed by atoms with Crippen molar-refractivity contribution in [2.45, 2.75) is 424 Å². The second-order valence-corrected chi connectivity index (χ2v) is 25.6. The predicted octanol–water partition coefficient (Wildman–Crippen LogP) is 24.3. The van der Waals surface area contributed by atoms with Crippen LogP contribution in [-0.4, -0.2) is 47.4 Å². The van der Waals surface area contributed by atoms with Crippen LogP contribution in [0.15, 0.2) is 36.5 Å². The number of ether oxygens (including phenoxy) is 1. The van der Waals surface area contributed by atoms with E-state index >= 15 is 0 Å². The molecule has 2 atom stereocenters. The number of unbranched alkanes of at least 4 members (excludes halogenated alkanes) is 55. The molecule has 1 amide bonds. The molecule has 0 aliphatic rings. The number of aliphatic hydroxyl groups is 2. The lowest BCUT2D eigenvalue weighted by Crippen LogP contribution is -2.45. The summed E-state index contributed by atoms with van der Waals surface area (Å²) in [5.41, 5.74) is 0. The van der Waals surface area contributed by atoms with Crippen LogP contribution < -0.4 is 5.32 Å². The van der Waals surface area contributed by atoms with Crippen LogP contribution >= 0.6 is 0 Å². The van der Waals surface area contributed by atoms with E-state index < -0.39 is 12.1 Å². The maximum atomic E-state index is 12.5. The van der Waals surface area contributed by atoms with E-state index in [1.54, 1.807) is 6.08 Å². The van der Waals surface area contributed by atoms with Gasteiger partial charge in [0.25, 0.3) is 0 Å². The third kappa shape index (κ3) is 67.2. The van der Waals surface area contributed by atoms with Crippen LogP contribution in [0.1, 0.15) is 412 Å². The second kappa shape index (κ2) is 71.6. The molecule has 0 aromatic heterocycles. The van der Waals surface area contributed by atoms with Crippen molar-refractivity contribution in [1.29, 1.82) is 0 Å². The number of nitrogens with one attached hydrogen (secondary N) is 1. The summed E-state index contributed by atoms with van der Waals surface area (Å²) in [6, 6.07) is -0.626. The average molecular weight is 1150 g/mol. The quantitative estimate of drug-likeness (QED) is 0.0320. The van der Waals surface area contributed by atoms with Gasteiger partial charge in [-0.1, -0.05) is 371 Å². The van der Waals surface area contributed by atoms with E-state index in [4.69, 9.17) is 4.74 Å². The maximum Gasteiger partial charge on any atom is 0.305 e. The van der Waals surface area contributed by atoms with Crippen LogP contribution in [-0.2, 0) is 14.3 Å². The highest BCUT2D eigenvalue weighted by Gasteiger charge is 2.18. The Hall–Kier alpha value is -1.92. The third-order valence-corrected chi connectivity index (χ3v) is 17.4. The maximum absolute atomic E-state index is 12.5. The summed E-state index contributed by atoms with van der Waals surface area (Å²) in [5.74, 6) is -0.0440. The molecule has 3 N–H and O–H groups in total. The van der Waals surface area contributed by atoms with Gasteiger partial charge in [-0.25, -0.2) is 0 Å². The third-order valence-electron chi connectivity index (χ3n) is 17.4. The van der Waals surface area contributed by atoms with Crippen LogP contribution in [0, 0.1) is 0 Å². The number of carbonyl (C=O) groups is 2. The summed E-state index contributed by atoms with van der Waals surface area (Å²) in [6.07, 6.45) is 92.5. The zero-order valence-electron chi connectivity index (χ0n) is 55.5. The van der Waals surface area contributed by atoms with Gasteiger partial charge in [-0.2, -0.15) is 0 Å². The fourth-order valence-corrected chi connectivity index (χ4v) is 11.7. The van der Waals surface area contributed by atoms with Crippen molar-refractivity contribution < 1.29 is 24.5 Å². The van der Waals surface area contributed by atoms with Crippen LogP contribution in [0.5, 0.6) is 0 Å². The Morgan fingerprint density at radius 3 is 0.927 bits per heavy atom. The Kier molecular flexibility index (Phi) is 69.9. The van der Waals surface area contributed by atoms with E-state index in [9.17, 15) is 19.8 Å². The summed E-state index contributed by atoms with van der Waals surface area (Å²) in [5, 5.41) is 23.2. The highest BCUT2D eigenvalue weighted by atomic mass is 16.5. The van der Waals surface area contributed by atoms with Gasteiger partial charge in [-0.3, -0.25) is 9.59 Å². The van der Waals surface area contributed by atoms with Gasteiger partial charge in [0, 0.05) is 12.8 Å². The van der Waals surface area contributed by atoms with Crippen LogP contribution in [0.3, 0.4) is 0 Å². The monoisotopic (exact) mass is 1150 g/mol. The summed E-state index contributed by atoms with van der Waals surface area (Å²) < 4.78 is 5.49. The molecular weight excluding hydrogens is 1010 g/mol. The van der Waals surface area contributed by atoms with E-state index in [1.807, 2.05) is 6.08 Å². The summed E-state index contributed by atoms with van der Waals surface area (Å²) >= 11 is 0. The molecule has 2 unspecified atom stereocenters. The van der Waals surface area contributed by atoms with E-state index in [-0.39, 0.29) is 18.5 Å². The van der Waals surface area contributed by atoms with Crippen molar-refractivity contribution >= 4 is 11.9 Å². The number of allylic oxidation sites excluding steroid dienone is 5. The van der Waals surface area contributed by atoms with Crippen molar-refractivity contribution in [2.24, 2.45) is 0 Å². The standard InChI is InChI=1S/C76H145NO5/c1-3-5-7-9-11-13-15-17-18-38-41-45-48-52-56-60-64-68-74(79)73(72-78)77-75(80)69-65-61-57-53-49-46-42-39-36-34-32-30-28-26-24-22-20-19-21-23-25-27-29-31-33-35-37-40-43-47-51-55-59-63-67-71-82-76(81)70-66-62-58-54-50-44-16-14-12-10-8-6-4-2/h21,23,27,29,64,68,73-74,78-79H,3-20,22,24-26,28,30-63,65-67,69-72H2,1-2H3,(H,77,80)/b23-21-,29-27-,68-64+. The van der Waals surface area contributed by atoms with Crippen LogP contribution in [0.4, 0.5) is 0 Å².